The van der Waals surface area contributed by atoms with Crippen LogP contribution in [0.15, 0.2) is 96.3 Å². The van der Waals surface area contributed by atoms with Gasteiger partial charge in [-0.2, -0.15) is 0 Å². The molecule has 0 radical (unpaired) electrons. The highest BCUT2D eigenvalue weighted by Gasteiger charge is 2.49. The molecule has 5 heterocycles. The minimum atomic E-state index is -1.60. The minimum absolute atomic E-state index is 0.00365. The van der Waals surface area contributed by atoms with E-state index >= 15 is 0 Å². The first-order chi connectivity index (χ1) is 72.4. The predicted molar refractivity (Wildman–Crippen MR) is 550 cm³/mol. The standard InChI is InChI=1S/C107H154N12O31/c1-69(2)95(113-92(121)33-39-138-43-42-135-9)99(126)109-73(7)97(124)111-78-28-24-75(25-29-78)67-149-106(133)118-83-63-89(87(136-10)60-81(83)102(129)116-65-71(5)58-85(116)104(118)131)147-37-20-17-21-38-148-90-64-84-82(61-88(90)137-11)103(130)117-66-72(6)59-86(117)105(132)119(84)107(134)150-68-76-26-30-79(31-27-76)112-98(125)74(8)110-100(127)96(70(3)4)114-93(122)34-40-139-44-46-141-48-50-143-52-54-145-56-57-146-55-53-144-51-49-142-47-45-140-41-35-108-91(120)32-36-115-94(123)62-80(101(115)128)77-22-18-15-13-12-14-16-19-23-77/h24-31,60-61,63-66,69-70,73-74,77,80,85-86,95-96,104-105,131-132H,12-23,32-59,62,67-68H2,1-11H3,(H,108,120)(H,109,126)(H,110,127)(H,111,124)(H,112,125)(H,113,121)(H,114,122)/t73?,74-,80?,85-,86-,95-,96-,104-,105-/m0/s1. The fourth-order valence-electron chi connectivity index (χ4n) is 17.9. The highest BCUT2D eigenvalue weighted by Crippen LogP contribution is 2.45. The van der Waals surface area contributed by atoms with Crippen LogP contribution in [0.3, 0.4) is 0 Å². The van der Waals surface area contributed by atoms with Crippen molar-refractivity contribution in [1.82, 2.24) is 41.3 Å². The zero-order valence-electron chi connectivity index (χ0n) is 88.4. The lowest BCUT2D eigenvalue weighted by Gasteiger charge is -2.31. The van der Waals surface area contributed by atoms with Gasteiger partial charge in [-0.3, -0.25) is 57.6 Å². The lowest BCUT2D eigenvalue weighted by molar-refractivity contribution is -0.140. The Morgan fingerprint density at radius 3 is 1.16 bits per heavy atom. The molecule has 6 aliphatic rings. The summed E-state index contributed by atoms with van der Waals surface area (Å²) in [6.07, 6.45) is 10.6. The molecule has 10 rings (SSSR count). The van der Waals surface area contributed by atoms with Gasteiger partial charge in [0, 0.05) is 81.8 Å². The molecule has 43 nitrogen and oxygen atoms in total. The number of likely N-dealkylation sites (tertiary alicyclic amines) is 1. The van der Waals surface area contributed by atoms with Crippen LogP contribution in [0.2, 0.25) is 0 Å². The van der Waals surface area contributed by atoms with E-state index in [0.29, 0.717) is 147 Å². The van der Waals surface area contributed by atoms with E-state index in [4.69, 9.17) is 75.8 Å². The molecule has 13 amide bonds. The van der Waals surface area contributed by atoms with Crippen LogP contribution in [0.25, 0.3) is 0 Å². The summed E-state index contributed by atoms with van der Waals surface area (Å²) < 4.78 is 90.7. The Kier molecular flexibility index (Phi) is 50.6. The van der Waals surface area contributed by atoms with Crippen LogP contribution >= 0.6 is 0 Å². The molecule has 0 spiro atoms. The van der Waals surface area contributed by atoms with Gasteiger partial charge in [0.25, 0.3) is 11.8 Å². The lowest BCUT2D eigenvalue weighted by atomic mass is 9.82. The highest BCUT2D eigenvalue weighted by molar-refractivity contribution is 6.09. The van der Waals surface area contributed by atoms with Gasteiger partial charge >= 0.3 is 12.2 Å². The SMILES string of the molecule is COCCOCCC(=O)N[C@H](C(=O)NC(C)C(=O)Nc1ccc(COC(=O)N2c3cc(OCCCCCOc4cc5c(cc4OC)C(=O)N4C=C(C)C[C@H]4[C@H](O)N5C(=O)OCc4ccc(NC(=O)[C@H](C)NC(=O)[C@@H](NC(=O)CCOCCOCCOCCOCCOCCOCCOCCOCCNC(=O)CCN5C(=O)CC(C6CCCCCCCCC6)C5=O)C(C)C)cc4)c(OC)cc3C(=O)N3C=C(C)C[C@H]3[C@@H]2O)cc1)C(C)C. The van der Waals surface area contributed by atoms with Crippen molar-refractivity contribution in [3.63, 3.8) is 0 Å². The molecule has 0 bridgehead atoms. The molecule has 1 aliphatic carbocycles. The zero-order valence-corrected chi connectivity index (χ0v) is 88.4. The van der Waals surface area contributed by atoms with Crippen LogP contribution in [-0.4, -0.2) is 324 Å². The number of anilines is 4. The Bertz CT molecular complexity index is 5100. The molecule has 1 saturated heterocycles. The maximum absolute atomic E-state index is 14.5. The smallest absolute Gasteiger partial charge is 0.416 e. The van der Waals surface area contributed by atoms with E-state index in [9.17, 15) is 72.5 Å². The van der Waals surface area contributed by atoms with E-state index in [0.717, 1.165) is 46.6 Å². The number of carbonyl (C=O) groups excluding carboxylic acids is 13. The van der Waals surface area contributed by atoms with Crippen molar-refractivity contribution in [3.05, 3.63) is 119 Å². The van der Waals surface area contributed by atoms with Gasteiger partial charge in [0.05, 0.1) is 193 Å². The molecule has 4 aromatic rings. The molecule has 0 aromatic heterocycles. The van der Waals surface area contributed by atoms with Gasteiger partial charge in [-0.25, -0.2) is 19.4 Å². The monoisotopic (exact) mass is 2100 g/mol. The summed E-state index contributed by atoms with van der Waals surface area (Å²) in [5, 5.41) is 43.4. The average Bonchev–Trinajstić information content (AvgIpc) is 1.60. The molecular weight excluding hydrogens is 1950 g/mol. The summed E-state index contributed by atoms with van der Waals surface area (Å²) in [6.45, 7) is 19.8. The van der Waals surface area contributed by atoms with Crippen molar-refractivity contribution in [1.29, 1.82) is 0 Å². The Morgan fingerprint density at radius 2 is 0.780 bits per heavy atom. The van der Waals surface area contributed by atoms with E-state index in [1.807, 2.05) is 6.92 Å². The summed E-state index contributed by atoms with van der Waals surface area (Å²) in [5.74, 6) is -4.60. The number of amides is 13. The number of hydrogen-bond donors (Lipinski definition) is 9. The fourth-order valence-corrected chi connectivity index (χ4v) is 17.9. The van der Waals surface area contributed by atoms with E-state index in [1.165, 1.54) is 106 Å². The number of imide groups is 1. The van der Waals surface area contributed by atoms with Crippen LogP contribution in [0, 0.1) is 23.7 Å². The van der Waals surface area contributed by atoms with Crippen molar-refractivity contribution in [2.45, 2.75) is 233 Å². The third kappa shape index (κ3) is 37.2. The number of unbranched alkanes of at least 4 members (excludes halogenated alkanes) is 2. The molecule has 9 N–H and O–H groups in total. The molecule has 828 valence electrons. The van der Waals surface area contributed by atoms with E-state index in [1.54, 1.807) is 95.5 Å². The molecule has 150 heavy (non-hydrogen) atoms. The number of carbonyl (C=O) groups is 13. The maximum Gasteiger partial charge on any atom is 0.416 e. The number of hydrogen-bond acceptors (Lipinski definition) is 31. The number of aliphatic hydroxyl groups is 2. The summed E-state index contributed by atoms with van der Waals surface area (Å²) in [5.41, 5.74) is 3.29. The van der Waals surface area contributed by atoms with E-state index in [2.05, 4.69) is 37.2 Å². The van der Waals surface area contributed by atoms with Gasteiger partial charge in [-0.05, 0) is 138 Å². The Hall–Kier alpha value is -12.0. The number of benzene rings is 4. The predicted octanol–water partition coefficient (Wildman–Crippen LogP) is 9.28. The molecule has 5 aliphatic heterocycles. The normalized spacial score (nSPS) is 18.1. The van der Waals surface area contributed by atoms with E-state index in [-0.39, 0.29) is 191 Å². The van der Waals surface area contributed by atoms with Gasteiger partial charge in [0.1, 0.15) is 37.4 Å². The number of nitrogens with zero attached hydrogens (tertiary/aromatic N) is 5. The van der Waals surface area contributed by atoms with Crippen molar-refractivity contribution in [2.75, 3.05) is 194 Å². The Balaban J connectivity index is 0.577. The third-order valence-corrected chi connectivity index (χ3v) is 26.2. The number of methoxy groups -OCH3 is 3. The summed E-state index contributed by atoms with van der Waals surface area (Å²) in [4.78, 5) is 182. The number of aliphatic hydroxyl groups excluding tert-OH is 2. The Morgan fingerprint density at radius 1 is 0.407 bits per heavy atom. The largest absolute Gasteiger partial charge is 0.493 e. The molecule has 4 aromatic carbocycles. The van der Waals surface area contributed by atoms with Crippen LogP contribution in [0.4, 0.5) is 32.3 Å². The van der Waals surface area contributed by atoms with Crippen molar-refractivity contribution < 1.29 is 148 Å². The van der Waals surface area contributed by atoms with Crippen LogP contribution in [0.1, 0.15) is 203 Å². The molecule has 2 fully saturated rings. The summed E-state index contributed by atoms with van der Waals surface area (Å²) >= 11 is 0. The van der Waals surface area contributed by atoms with Gasteiger partial charge in [-0.1, -0.05) is 108 Å². The second-order valence-corrected chi connectivity index (χ2v) is 38.4. The Labute approximate surface area is 877 Å². The molecule has 43 heteroatoms. The third-order valence-electron chi connectivity index (χ3n) is 26.2. The minimum Gasteiger partial charge on any atom is -0.493 e. The second-order valence-electron chi connectivity index (χ2n) is 38.4. The van der Waals surface area contributed by atoms with Gasteiger partial charge < -0.3 is 133 Å². The maximum atomic E-state index is 14.5. The van der Waals surface area contributed by atoms with Gasteiger partial charge in [0.2, 0.25) is 53.2 Å². The molecular formula is C107H154N12O31. The number of nitrogens with one attached hydrogen (secondary N) is 7. The van der Waals surface area contributed by atoms with Crippen molar-refractivity contribution in [3.8, 4) is 23.0 Å². The van der Waals surface area contributed by atoms with Gasteiger partial charge in [-0.15, -0.1) is 0 Å². The molecule has 2 unspecified atom stereocenters. The topological polar surface area (TPSA) is 510 Å². The van der Waals surface area contributed by atoms with Crippen LogP contribution in [-0.2, 0) is 113 Å². The van der Waals surface area contributed by atoms with Crippen molar-refractivity contribution in [2.24, 2.45) is 23.7 Å². The highest BCUT2D eigenvalue weighted by atomic mass is 16.6. The van der Waals surface area contributed by atoms with Gasteiger partial charge in [0.15, 0.2) is 35.5 Å². The number of ether oxygens (including phenoxy) is 16. The zero-order chi connectivity index (χ0) is 108. The lowest BCUT2D eigenvalue weighted by Crippen LogP contribution is -2.53. The molecule has 9 atom stereocenters. The average molecular weight is 2100 g/mol. The second kappa shape index (κ2) is 63.3. The summed E-state index contributed by atoms with van der Waals surface area (Å²) in [7, 11) is 4.34. The number of rotatable bonds is 63. The first-order valence-electron chi connectivity index (χ1n) is 52.1. The quantitative estimate of drug-likeness (QED) is 0.0147. The van der Waals surface area contributed by atoms with E-state index < -0.39 is 102 Å². The first kappa shape index (κ1) is 120. The molecule has 1 saturated carbocycles. The fraction of sp³-hybridized carbons (Fsp3) is 0.617. The summed E-state index contributed by atoms with van der Waals surface area (Å²) in [6, 6.07) is 12.8. The van der Waals surface area contributed by atoms with Crippen molar-refractivity contribution >= 4 is 99.9 Å². The van der Waals surface area contributed by atoms with Crippen LogP contribution < -0.4 is 66.0 Å². The first-order valence-corrected chi connectivity index (χ1v) is 52.1. The van der Waals surface area contributed by atoms with Crippen LogP contribution in [0.5, 0.6) is 23.0 Å². The number of fused-ring (bicyclic) bond motifs is 4.